The maximum atomic E-state index is 12.8. The van der Waals surface area contributed by atoms with Crippen molar-refractivity contribution in [1.82, 2.24) is 15.5 Å². The molecule has 2 aromatic rings. The number of benzene rings is 1. The highest BCUT2D eigenvalue weighted by atomic mass is 79.9. The average molecular weight is 484 g/mol. The number of rotatable bonds is 10. The van der Waals surface area contributed by atoms with E-state index in [9.17, 15) is 9.59 Å². The van der Waals surface area contributed by atoms with Gasteiger partial charge in [0.05, 0.1) is 11.6 Å². The molecule has 2 rings (SSSR count). The van der Waals surface area contributed by atoms with Gasteiger partial charge in [0.1, 0.15) is 6.04 Å². The summed E-state index contributed by atoms with van der Waals surface area (Å²) < 4.78 is 0.710. The van der Waals surface area contributed by atoms with E-state index in [4.69, 9.17) is 0 Å². The van der Waals surface area contributed by atoms with Gasteiger partial charge < -0.3 is 15.5 Å². The first-order valence-corrected chi connectivity index (χ1v) is 12.1. The Morgan fingerprint density at radius 3 is 2.61 bits per heavy atom. The highest BCUT2D eigenvalue weighted by molar-refractivity contribution is 9.10. The Kier molecular flexibility index (Phi) is 9.50. The SMILES string of the molecule is CSCCC(NC(=O)c1ccccc1Br)C(=O)NCC(c1ccsc1)N(C)C. The lowest BCUT2D eigenvalue weighted by Crippen LogP contribution is -2.48. The topological polar surface area (TPSA) is 61.4 Å². The fourth-order valence-corrected chi connectivity index (χ4v) is 4.41. The highest BCUT2D eigenvalue weighted by Crippen LogP contribution is 2.20. The van der Waals surface area contributed by atoms with Crippen molar-refractivity contribution in [3.8, 4) is 0 Å². The molecule has 0 aliphatic rings. The third kappa shape index (κ3) is 6.62. The number of thioether (sulfide) groups is 1. The van der Waals surface area contributed by atoms with Crippen LogP contribution in [-0.4, -0.2) is 55.4 Å². The first-order chi connectivity index (χ1) is 13.4. The van der Waals surface area contributed by atoms with Crippen LogP contribution in [0.3, 0.4) is 0 Å². The van der Waals surface area contributed by atoms with Crippen LogP contribution in [0.1, 0.15) is 28.4 Å². The summed E-state index contributed by atoms with van der Waals surface area (Å²) in [6.45, 7) is 0.489. The molecule has 0 saturated heterocycles. The maximum absolute atomic E-state index is 12.8. The molecule has 0 aliphatic heterocycles. The summed E-state index contributed by atoms with van der Waals surface area (Å²) in [4.78, 5) is 27.6. The van der Waals surface area contributed by atoms with E-state index in [1.807, 2.05) is 37.9 Å². The van der Waals surface area contributed by atoms with Crippen LogP contribution in [0.25, 0.3) is 0 Å². The number of nitrogens with zero attached hydrogens (tertiary/aromatic N) is 1. The molecular weight excluding hydrogens is 458 g/mol. The van der Waals surface area contributed by atoms with Crippen molar-refractivity contribution in [2.24, 2.45) is 0 Å². The molecule has 2 N–H and O–H groups in total. The molecule has 0 radical (unpaired) electrons. The second-order valence-electron chi connectivity index (χ2n) is 6.57. The van der Waals surface area contributed by atoms with Gasteiger partial charge in [0, 0.05) is 11.0 Å². The monoisotopic (exact) mass is 483 g/mol. The molecule has 0 spiro atoms. The predicted octanol–water partition coefficient (Wildman–Crippen LogP) is 3.78. The Balaban J connectivity index is 2.03. The third-order valence-electron chi connectivity index (χ3n) is 4.37. The molecule has 2 amide bonds. The van der Waals surface area contributed by atoms with Gasteiger partial charge in [-0.05, 0) is 83.0 Å². The van der Waals surface area contributed by atoms with Crippen LogP contribution in [0.2, 0.25) is 0 Å². The molecule has 8 heteroatoms. The number of likely N-dealkylation sites (N-methyl/N-ethyl adjacent to an activating group) is 1. The van der Waals surface area contributed by atoms with Gasteiger partial charge in [0.2, 0.25) is 5.91 Å². The molecule has 1 aromatic heterocycles. The summed E-state index contributed by atoms with van der Waals surface area (Å²) in [5, 5.41) is 10.0. The fourth-order valence-electron chi connectivity index (χ4n) is 2.77. The first-order valence-electron chi connectivity index (χ1n) is 8.94. The van der Waals surface area contributed by atoms with Gasteiger partial charge in [-0.15, -0.1) is 0 Å². The van der Waals surface area contributed by atoms with Crippen LogP contribution in [0, 0.1) is 0 Å². The lowest BCUT2D eigenvalue weighted by atomic mass is 10.1. The molecule has 28 heavy (non-hydrogen) atoms. The number of hydrogen-bond donors (Lipinski definition) is 2. The number of carbonyl (C=O) groups is 2. The summed E-state index contributed by atoms with van der Waals surface area (Å²) in [7, 11) is 3.99. The second-order valence-corrected chi connectivity index (χ2v) is 9.19. The molecule has 0 fully saturated rings. The van der Waals surface area contributed by atoms with E-state index in [1.165, 1.54) is 5.56 Å². The van der Waals surface area contributed by atoms with Crippen LogP contribution in [-0.2, 0) is 4.79 Å². The largest absolute Gasteiger partial charge is 0.352 e. The van der Waals surface area contributed by atoms with Crippen molar-refractivity contribution in [1.29, 1.82) is 0 Å². The molecule has 5 nitrogen and oxygen atoms in total. The van der Waals surface area contributed by atoms with Crippen LogP contribution < -0.4 is 10.6 Å². The predicted molar refractivity (Wildman–Crippen MR) is 122 cm³/mol. The summed E-state index contributed by atoms with van der Waals surface area (Å²) in [6.07, 6.45) is 2.57. The van der Waals surface area contributed by atoms with Crippen molar-refractivity contribution in [2.75, 3.05) is 32.6 Å². The normalized spacial score (nSPS) is 13.2. The van der Waals surface area contributed by atoms with Gasteiger partial charge in [-0.3, -0.25) is 9.59 Å². The summed E-state index contributed by atoms with van der Waals surface area (Å²) in [6, 6.07) is 8.80. The van der Waals surface area contributed by atoms with E-state index in [0.717, 1.165) is 5.75 Å². The third-order valence-corrected chi connectivity index (χ3v) is 6.41. The minimum atomic E-state index is -0.572. The first kappa shape index (κ1) is 22.9. The minimum absolute atomic E-state index is 0.0929. The standard InChI is InChI=1S/C20H26BrN3O2S2/c1-24(2)18(14-8-11-28-13-14)12-22-20(26)17(9-10-27-3)23-19(25)15-6-4-5-7-16(15)21/h4-8,11,13,17-18H,9-10,12H2,1-3H3,(H,22,26)(H,23,25). The summed E-state index contributed by atoms with van der Waals surface area (Å²) >= 11 is 6.69. The van der Waals surface area contributed by atoms with E-state index in [1.54, 1.807) is 35.2 Å². The highest BCUT2D eigenvalue weighted by Gasteiger charge is 2.23. The molecule has 0 aliphatic carbocycles. The van der Waals surface area contributed by atoms with Gasteiger partial charge in [0.15, 0.2) is 0 Å². The van der Waals surface area contributed by atoms with Crippen LogP contribution in [0.5, 0.6) is 0 Å². The molecule has 0 saturated carbocycles. The Hall–Kier alpha value is -1.35. The zero-order valence-electron chi connectivity index (χ0n) is 16.3. The molecule has 2 atom stereocenters. The van der Waals surface area contributed by atoms with Crippen molar-refractivity contribution in [2.45, 2.75) is 18.5 Å². The number of thiophene rings is 1. The van der Waals surface area contributed by atoms with Crippen molar-refractivity contribution in [3.63, 3.8) is 0 Å². The summed E-state index contributed by atoms with van der Waals surface area (Å²) in [5.74, 6) is 0.378. The number of carbonyl (C=O) groups excluding carboxylic acids is 2. The molecule has 1 heterocycles. The van der Waals surface area contributed by atoms with E-state index in [2.05, 4.69) is 42.9 Å². The lowest BCUT2D eigenvalue weighted by molar-refractivity contribution is -0.123. The van der Waals surface area contributed by atoms with Gasteiger partial charge in [-0.25, -0.2) is 0 Å². The van der Waals surface area contributed by atoms with Gasteiger partial charge in [-0.2, -0.15) is 23.1 Å². The summed E-state index contributed by atoms with van der Waals surface area (Å²) in [5.41, 5.74) is 1.70. The van der Waals surface area contributed by atoms with Gasteiger partial charge in [-0.1, -0.05) is 12.1 Å². The number of amides is 2. The Bertz CT molecular complexity index is 769. The Morgan fingerprint density at radius 1 is 1.25 bits per heavy atom. The van der Waals surface area contributed by atoms with Crippen LogP contribution >= 0.6 is 39.0 Å². The van der Waals surface area contributed by atoms with Crippen LogP contribution in [0.4, 0.5) is 0 Å². The zero-order chi connectivity index (χ0) is 20.5. The number of nitrogens with one attached hydrogen (secondary N) is 2. The smallest absolute Gasteiger partial charge is 0.253 e. The van der Waals surface area contributed by atoms with Gasteiger partial charge >= 0.3 is 0 Å². The minimum Gasteiger partial charge on any atom is -0.352 e. The lowest BCUT2D eigenvalue weighted by Gasteiger charge is -2.25. The average Bonchev–Trinajstić information content (AvgIpc) is 3.19. The fraction of sp³-hybridized carbons (Fsp3) is 0.400. The van der Waals surface area contributed by atoms with E-state index >= 15 is 0 Å². The van der Waals surface area contributed by atoms with Gasteiger partial charge in [0.25, 0.3) is 5.91 Å². The number of hydrogen-bond acceptors (Lipinski definition) is 5. The van der Waals surface area contributed by atoms with Crippen molar-refractivity contribution >= 4 is 50.8 Å². The maximum Gasteiger partial charge on any atom is 0.253 e. The second kappa shape index (κ2) is 11.6. The quantitative estimate of drug-likeness (QED) is 0.539. The van der Waals surface area contributed by atoms with E-state index in [-0.39, 0.29) is 17.9 Å². The van der Waals surface area contributed by atoms with Crippen molar-refractivity contribution in [3.05, 3.63) is 56.7 Å². The molecular formula is C20H26BrN3O2S2. The zero-order valence-corrected chi connectivity index (χ0v) is 19.5. The van der Waals surface area contributed by atoms with Crippen molar-refractivity contribution < 1.29 is 9.59 Å². The Labute approximate surface area is 183 Å². The Morgan fingerprint density at radius 2 is 2.00 bits per heavy atom. The molecule has 1 aromatic carbocycles. The molecule has 152 valence electrons. The molecule has 2 unspecified atom stereocenters. The van der Waals surface area contributed by atoms with E-state index in [0.29, 0.717) is 23.0 Å². The number of halogens is 1. The van der Waals surface area contributed by atoms with E-state index < -0.39 is 6.04 Å². The molecule has 0 bridgehead atoms. The van der Waals surface area contributed by atoms with Crippen LogP contribution in [0.15, 0.2) is 45.6 Å².